The smallest absolute Gasteiger partial charge is 0.251 e. The molecule has 4 aromatic rings. The Balaban J connectivity index is 0.00000442. The molecule has 1 aliphatic carbocycles. The molecule has 44 heavy (non-hydrogen) atoms. The van der Waals surface area contributed by atoms with Gasteiger partial charge < -0.3 is 21.4 Å². The first kappa shape index (κ1) is 33.0. The molecule has 5 rings (SSSR count). The molecule has 1 fully saturated rings. The molecule has 0 radical (unpaired) electrons. The van der Waals surface area contributed by atoms with Crippen LogP contribution in [0.25, 0.3) is 22.5 Å². The van der Waals surface area contributed by atoms with E-state index in [-0.39, 0.29) is 35.9 Å². The minimum absolute atomic E-state index is 0. The van der Waals surface area contributed by atoms with Gasteiger partial charge in [0, 0.05) is 43.5 Å². The fourth-order valence-corrected chi connectivity index (χ4v) is 5.54. The predicted octanol–water partition coefficient (Wildman–Crippen LogP) is 4.26. The number of nitrogens with one attached hydrogen (secondary N) is 1. The highest BCUT2D eigenvalue weighted by Crippen LogP contribution is 2.32. The molecule has 0 aliphatic heterocycles. The summed E-state index contributed by atoms with van der Waals surface area (Å²) >= 11 is 5.89. The van der Waals surface area contributed by atoms with Crippen molar-refractivity contribution >= 4 is 47.5 Å². The number of aromatic amines is 1. The Kier molecular flexibility index (Phi) is 11.0. The second-order valence-corrected chi connectivity index (χ2v) is 11.5. The molecule has 0 saturated heterocycles. The van der Waals surface area contributed by atoms with Crippen molar-refractivity contribution in [2.75, 3.05) is 30.4 Å². The molecular formula is C31H37Cl2N9O2. The Labute approximate surface area is 267 Å². The van der Waals surface area contributed by atoms with Crippen LogP contribution in [-0.2, 0) is 16.0 Å². The number of imide groups is 1. The van der Waals surface area contributed by atoms with Gasteiger partial charge in [-0.2, -0.15) is 0 Å². The van der Waals surface area contributed by atoms with Crippen molar-refractivity contribution in [1.82, 2.24) is 25.1 Å². The van der Waals surface area contributed by atoms with Gasteiger partial charge in [0.1, 0.15) is 0 Å². The Morgan fingerprint density at radius 3 is 2.25 bits per heavy atom. The molecular weight excluding hydrogens is 601 g/mol. The van der Waals surface area contributed by atoms with Gasteiger partial charge in [-0.3, -0.25) is 9.59 Å². The van der Waals surface area contributed by atoms with Crippen molar-refractivity contribution in [2.24, 2.45) is 23.3 Å². The van der Waals surface area contributed by atoms with Crippen molar-refractivity contribution in [1.29, 1.82) is 0 Å². The lowest BCUT2D eigenvalue weighted by Crippen LogP contribution is -2.50. The van der Waals surface area contributed by atoms with Crippen LogP contribution in [0.1, 0.15) is 31.2 Å². The summed E-state index contributed by atoms with van der Waals surface area (Å²) in [5.41, 5.74) is 16.2. The quantitative estimate of drug-likeness (QED) is 0.243. The maximum absolute atomic E-state index is 14.0. The van der Waals surface area contributed by atoms with Gasteiger partial charge in [-0.1, -0.05) is 24.3 Å². The molecule has 2 amide bonds. The maximum Gasteiger partial charge on any atom is 0.251 e. The first-order valence-electron chi connectivity index (χ1n) is 14.3. The van der Waals surface area contributed by atoms with Crippen LogP contribution in [-0.4, -0.2) is 63.6 Å². The van der Waals surface area contributed by atoms with Crippen molar-refractivity contribution in [3.05, 3.63) is 71.8 Å². The largest absolute Gasteiger partial charge is 0.347 e. The Morgan fingerprint density at radius 1 is 0.977 bits per heavy atom. The van der Waals surface area contributed by atoms with E-state index in [4.69, 9.17) is 23.1 Å². The number of hydrogen-bond acceptors (Lipinski definition) is 9. The summed E-state index contributed by atoms with van der Waals surface area (Å²) in [6.07, 6.45) is 6.87. The number of carbonyl (C=O) groups excluding carboxylic acids is 2. The van der Waals surface area contributed by atoms with Crippen LogP contribution in [0.4, 0.5) is 11.6 Å². The SMILES string of the molecule is CN(C)c1ncc(-c2cccc(C[C@H](N)C(=O)N(c3ccc(-c4nnc(Cl)[nH]4)cc3)C(=O)[C@H]3CC[C@H](CN)CC3)c2)cn1.Cl. The van der Waals surface area contributed by atoms with Crippen molar-refractivity contribution in [3.8, 4) is 22.5 Å². The lowest BCUT2D eigenvalue weighted by Gasteiger charge is -2.32. The van der Waals surface area contributed by atoms with Gasteiger partial charge in [0.2, 0.25) is 17.1 Å². The first-order valence-corrected chi connectivity index (χ1v) is 14.7. The summed E-state index contributed by atoms with van der Waals surface area (Å²) in [6, 6.07) is 13.8. The predicted molar refractivity (Wildman–Crippen MR) is 175 cm³/mol. The summed E-state index contributed by atoms with van der Waals surface area (Å²) in [4.78, 5) is 42.6. The highest BCUT2D eigenvalue weighted by Gasteiger charge is 2.35. The van der Waals surface area contributed by atoms with Crippen molar-refractivity contribution in [3.63, 3.8) is 0 Å². The number of anilines is 2. The lowest BCUT2D eigenvalue weighted by atomic mass is 9.81. The number of aromatic nitrogens is 5. The molecule has 232 valence electrons. The van der Waals surface area contributed by atoms with Gasteiger partial charge in [0.05, 0.1) is 11.7 Å². The summed E-state index contributed by atoms with van der Waals surface area (Å²) in [5, 5.41) is 7.97. The third kappa shape index (κ3) is 7.59. The van der Waals surface area contributed by atoms with Crippen LogP contribution < -0.4 is 21.3 Å². The number of carbonyl (C=O) groups is 2. The minimum Gasteiger partial charge on any atom is -0.347 e. The minimum atomic E-state index is -0.945. The van der Waals surface area contributed by atoms with Crippen LogP contribution >= 0.6 is 24.0 Å². The average molecular weight is 639 g/mol. The van der Waals surface area contributed by atoms with Crippen LogP contribution in [0.5, 0.6) is 0 Å². The van der Waals surface area contributed by atoms with Gasteiger partial charge in [0.25, 0.3) is 5.91 Å². The van der Waals surface area contributed by atoms with E-state index in [2.05, 4.69) is 25.1 Å². The zero-order chi connectivity index (χ0) is 30.5. The molecule has 0 unspecified atom stereocenters. The second kappa shape index (κ2) is 14.7. The number of amides is 2. The van der Waals surface area contributed by atoms with Gasteiger partial charge in [-0.25, -0.2) is 14.9 Å². The fraction of sp³-hybridized carbons (Fsp3) is 0.355. The standard InChI is InChI=1S/C31H36ClN9O2.ClH/c1-40(2)31-35-17-24(18-36-31)23-5-3-4-20(14-23)15-26(34)29(43)41(28(42)22-8-6-19(16-33)7-9-22)25-12-10-21(11-13-25)27-37-30(32)39-38-27;/h3-5,10-14,17-19,22,26H,6-9,15-16,33-34H2,1-2H3,(H,37,38,39);1H/t19-,22-,26-;/m0./s1. The first-order chi connectivity index (χ1) is 20.7. The van der Waals surface area contributed by atoms with Gasteiger partial charge in [-0.15, -0.1) is 22.6 Å². The van der Waals surface area contributed by atoms with E-state index >= 15 is 0 Å². The molecule has 13 heteroatoms. The van der Waals surface area contributed by atoms with Crippen LogP contribution in [0.2, 0.25) is 5.28 Å². The Hall–Kier alpha value is -3.90. The number of hydrogen-bond donors (Lipinski definition) is 3. The van der Waals surface area contributed by atoms with Crippen molar-refractivity contribution in [2.45, 2.75) is 38.1 Å². The molecule has 1 aliphatic rings. The molecule has 2 aromatic carbocycles. The van der Waals surface area contributed by atoms with E-state index in [0.29, 0.717) is 42.8 Å². The average Bonchev–Trinajstić information content (AvgIpc) is 3.47. The van der Waals surface area contributed by atoms with Gasteiger partial charge >= 0.3 is 0 Å². The number of nitrogens with zero attached hydrogens (tertiary/aromatic N) is 6. The van der Waals surface area contributed by atoms with Gasteiger partial charge in [-0.05, 0) is 91.6 Å². The summed E-state index contributed by atoms with van der Waals surface area (Å²) < 4.78 is 0. The zero-order valence-corrected chi connectivity index (χ0v) is 26.3. The monoisotopic (exact) mass is 637 g/mol. The van der Waals surface area contributed by atoms with Crippen LogP contribution in [0.3, 0.4) is 0 Å². The number of H-pyrrole nitrogens is 1. The Morgan fingerprint density at radius 2 is 1.66 bits per heavy atom. The molecule has 11 nitrogen and oxygen atoms in total. The van der Waals surface area contributed by atoms with E-state index in [1.54, 1.807) is 36.7 Å². The van der Waals surface area contributed by atoms with Crippen LogP contribution in [0, 0.1) is 11.8 Å². The van der Waals surface area contributed by atoms with Crippen molar-refractivity contribution < 1.29 is 9.59 Å². The zero-order valence-electron chi connectivity index (χ0n) is 24.7. The summed E-state index contributed by atoms with van der Waals surface area (Å²) in [7, 11) is 3.77. The summed E-state index contributed by atoms with van der Waals surface area (Å²) in [5.74, 6) is 0.537. The number of rotatable bonds is 9. The lowest BCUT2D eigenvalue weighted by molar-refractivity contribution is -0.130. The van der Waals surface area contributed by atoms with E-state index < -0.39 is 11.9 Å². The Bertz CT molecular complexity index is 1550. The second-order valence-electron chi connectivity index (χ2n) is 11.2. The normalized spacial score (nSPS) is 16.9. The number of benzene rings is 2. The van der Waals surface area contributed by atoms with E-state index in [9.17, 15) is 9.59 Å². The summed E-state index contributed by atoms with van der Waals surface area (Å²) in [6.45, 7) is 0.604. The highest BCUT2D eigenvalue weighted by atomic mass is 35.5. The van der Waals surface area contributed by atoms with Gasteiger partial charge in [0.15, 0.2) is 5.82 Å². The molecule has 2 aromatic heterocycles. The van der Waals surface area contributed by atoms with E-state index in [1.807, 2.05) is 43.3 Å². The van der Waals surface area contributed by atoms with Crippen LogP contribution in [0.15, 0.2) is 60.9 Å². The molecule has 0 spiro atoms. The van der Waals surface area contributed by atoms with E-state index in [0.717, 1.165) is 35.1 Å². The molecule has 1 atom stereocenters. The van der Waals surface area contributed by atoms with E-state index in [1.165, 1.54) is 4.90 Å². The topological polar surface area (TPSA) is 160 Å². The number of nitrogens with two attached hydrogens (primary N) is 2. The third-order valence-electron chi connectivity index (χ3n) is 7.90. The number of halogens is 2. The third-order valence-corrected chi connectivity index (χ3v) is 8.07. The highest BCUT2D eigenvalue weighted by molar-refractivity contribution is 6.28. The molecule has 2 heterocycles. The molecule has 1 saturated carbocycles. The fourth-order valence-electron chi connectivity index (χ4n) is 5.42. The maximum atomic E-state index is 14.0. The molecule has 5 N–H and O–H groups in total. The molecule has 0 bridgehead atoms.